The van der Waals surface area contributed by atoms with E-state index in [2.05, 4.69) is 37.9 Å². The molecule has 0 saturated carbocycles. The molecule has 2 unspecified atom stereocenters. The summed E-state index contributed by atoms with van der Waals surface area (Å²) in [7, 11) is 0. The predicted octanol–water partition coefficient (Wildman–Crippen LogP) is 1.60. The van der Waals surface area contributed by atoms with E-state index >= 15 is 0 Å². The van der Waals surface area contributed by atoms with Crippen molar-refractivity contribution in [3.8, 4) is 0 Å². The number of amides is 1. The van der Waals surface area contributed by atoms with E-state index in [4.69, 9.17) is 5.73 Å². The standard InChI is InChI=1S/C15H31N3O/c1-5-18-8-6-7-13(11-18)17-14(19)12(10-16)9-15(2,3)4/h12-13H,5-11,16H2,1-4H3,(H,17,19). The van der Waals surface area contributed by atoms with Gasteiger partial charge >= 0.3 is 0 Å². The van der Waals surface area contributed by atoms with Gasteiger partial charge in [-0.3, -0.25) is 4.79 Å². The van der Waals surface area contributed by atoms with Crippen LogP contribution in [0.4, 0.5) is 0 Å². The van der Waals surface area contributed by atoms with Gasteiger partial charge in [-0.2, -0.15) is 0 Å². The summed E-state index contributed by atoms with van der Waals surface area (Å²) >= 11 is 0. The van der Waals surface area contributed by atoms with Crippen LogP contribution in [0.3, 0.4) is 0 Å². The van der Waals surface area contributed by atoms with Crippen molar-refractivity contribution in [3.63, 3.8) is 0 Å². The molecule has 1 aliphatic rings. The average Bonchev–Trinajstić information content (AvgIpc) is 2.35. The van der Waals surface area contributed by atoms with Crippen molar-refractivity contribution in [2.45, 2.75) is 53.0 Å². The lowest BCUT2D eigenvalue weighted by Gasteiger charge is -2.33. The van der Waals surface area contributed by atoms with Crippen LogP contribution in [0.25, 0.3) is 0 Å². The van der Waals surface area contributed by atoms with E-state index in [1.807, 2.05) is 0 Å². The monoisotopic (exact) mass is 269 g/mol. The molecule has 1 fully saturated rings. The molecule has 2 atom stereocenters. The van der Waals surface area contributed by atoms with Gasteiger partial charge in [0, 0.05) is 19.1 Å². The zero-order valence-corrected chi connectivity index (χ0v) is 13.0. The molecule has 1 rings (SSSR count). The molecule has 4 heteroatoms. The summed E-state index contributed by atoms with van der Waals surface area (Å²) in [4.78, 5) is 14.7. The molecule has 19 heavy (non-hydrogen) atoms. The summed E-state index contributed by atoms with van der Waals surface area (Å²) in [5.74, 6) is 0.0809. The first-order valence-corrected chi connectivity index (χ1v) is 7.58. The minimum Gasteiger partial charge on any atom is -0.352 e. The van der Waals surface area contributed by atoms with Crippen molar-refractivity contribution >= 4 is 5.91 Å². The van der Waals surface area contributed by atoms with E-state index < -0.39 is 0 Å². The number of carbonyl (C=O) groups excluding carboxylic acids is 1. The number of piperidine rings is 1. The fourth-order valence-corrected chi connectivity index (χ4v) is 2.80. The van der Waals surface area contributed by atoms with E-state index in [9.17, 15) is 4.79 Å². The Morgan fingerprint density at radius 3 is 2.68 bits per heavy atom. The third-order valence-corrected chi connectivity index (χ3v) is 3.81. The van der Waals surface area contributed by atoms with E-state index in [1.165, 1.54) is 6.42 Å². The number of nitrogens with zero attached hydrogens (tertiary/aromatic N) is 1. The minimum absolute atomic E-state index is 0.0583. The Morgan fingerprint density at radius 2 is 2.16 bits per heavy atom. The van der Waals surface area contributed by atoms with Gasteiger partial charge in [-0.1, -0.05) is 27.7 Å². The van der Waals surface area contributed by atoms with E-state index in [1.54, 1.807) is 0 Å². The van der Waals surface area contributed by atoms with Gasteiger partial charge in [0.2, 0.25) is 5.91 Å². The topological polar surface area (TPSA) is 58.4 Å². The SMILES string of the molecule is CCN1CCCC(NC(=O)C(CN)CC(C)(C)C)C1. The molecule has 4 nitrogen and oxygen atoms in total. The van der Waals surface area contributed by atoms with E-state index in [-0.39, 0.29) is 17.2 Å². The number of nitrogens with one attached hydrogen (secondary N) is 1. The van der Waals surface area contributed by atoms with Gasteiger partial charge in [0.05, 0.1) is 5.92 Å². The molecule has 0 bridgehead atoms. The molecular formula is C15H31N3O. The summed E-state index contributed by atoms with van der Waals surface area (Å²) in [6.07, 6.45) is 3.11. The lowest BCUT2D eigenvalue weighted by molar-refractivity contribution is -0.126. The molecule has 3 N–H and O–H groups in total. The molecular weight excluding hydrogens is 238 g/mol. The molecule has 0 aliphatic carbocycles. The van der Waals surface area contributed by atoms with Crippen LogP contribution in [0.1, 0.15) is 47.0 Å². The highest BCUT2D eigenvalue weighted by Crippen LogP contribution is 2.24. The fourth-order valence-electron chi connectivity index (χ4n) is 2.80. The van der Waals surface area contributed by atoms with Crippen molar-refractivity contribution in [1.29, 1.82) is 0 Å². The van der Waals surface area contributed by atoms with Gasteiger partial charge in [0.25, 0.3) is 0 Å². The molecule has 0 aromatic carbocycles. The smallest absolute Gasteiger partial charge is 0.224 e. The van der Waals surface area contributed by atoms with E-state index in [0.717, 1.165) is 32.5 Å². The van der Waals surface area contributed by atoms with Crippen LogP contribution in [0, 0.1) is 11.3 Å². The highest BCUT2D eigenvalue weighted by molar-refractivity contribution is 5.79. The Balaban J connectivity index is 2.47. The molecule has 0 spiro atoms. The Bertz CT molecular complexity index is 286. The van der Waals surface area contributed by atoms with Crippen LogP contribution in [-0.2, 0) is 4.79 Å². The summed E-state index contributed by atoms with van der Waals surface area (Å²) < 4.78 is 0. The third-order valence-electron chi connectivity index (χ3n) is 3.81. The van der Waals surface area contributed by atoms with Crippen molar-refractivity contribution in [1.82, 2.24) is 10.2 Å². The summed E-state index contributed by atoms with van der Waals surface area (Å²) in [5.41, 5.74) is 5.91. The van der Waals surface area contributed by atoms with Gasteiger partial charge in [0.1, 0.15) is 0 Å². The molecule has 112 valence electrons. The van der Waals surface area contributed by atoms with Crippen LogP contribution >= 0.6 is 0 Å². The van der Waals surface area contributed by atoms with Crippen molar-refractivity contribution < 1.29 is 4.79 Å². The predicted molar refractivity (Wildman–Crippen MR) is 79.9 cm³/mol. The number of likely N-dealkylation sites (N-methyl/N-ethyl adjacent to an activating group) is 1. The minimum atomic E-state index is -0.0583. The number of nitrogens with two attached hydrogens (primary N) is 1. The highest BCUT2D eigenvalue weighted by atomic mass is 16.2. The normalized spacial score (nSPS) is 23.1. The number of rotatable bonds is 5. The zero-order chi connectivity index (χ0) is 14.5. The molecule has 1 amide bonds. The van der Waals surface area contributed by atoms with Gasteiger partial charge in [0.15, 0.2) is 0 Å². The molecule has 0 aromatic rings. The van der Waals surface area contributed by atoms with E-state index in [0.29, 0.717) is 12.6 Å². The summed E-state index contributed by atoms with van der Waals surface area (Å²) in [6.45, 7) is 12.3. The van der Waals surface area contributed by atoms with Crippen LogP contribution in [0.5, 0.6) is 0 Å². The number of likely N-dealkylation sites (tertiary alicyclic amines) is 1. The Morgan fingerprint density at radius 1 is 1.47 bits per heavy atom. The Hall–Kier alpha value is -0.610. The molecule has 1 saturated heterocycles. The average molecular weight is 269 g/mol. The largest absolute Gasteiger partial charge is 0.352 e. The van der Waals surface area contributed by atoms with Crippen LogP contribution in [0.15, 0.2) is 0 Å². The maximum atomic E-state index is 12.3. The second kappa shape index (κ2) is 7.25. The summed E-state index contributed by atoms with van der Waals surface area (Å²) in [5, 5.41) is 3.20. The van der Waals surface area contributed by atoms with Crippen molar-refractivity contribution in [2.24, 2.45) is 17.1 Å². The zero-order valence-electron chi connectivity index (χ0n) is 13.0. The first kappa shape index (κ1) is 16.4. The molecule has 0 radical (unpaired) electrons. The highest BCUT2D eigenvalue weighted by Gasteiger charge is 2.27. The molecule has 1 heterocycles. The number of hydrogen-bond acceptors (Lipinski definition) is 3. The molecule has 0 aromatic heterocycles. The van der Waals surface area contributed by atoms with Gasteiger partial charge < -0.3 is 16.0 Å². The van der Waals surface area contributed by atoms with Gasteiger partial charge in [-0.15, -0.1) is 0 Å². The maximum Gasteiger partial charge on any atom is 0.224 e. The molecule has 1 aliphatic heterocycles. The first-order chi connectivity index (χ1) is 8.85. The Kier molecular flexibility index (Phi) is 6.27. The first-order valence-electron chi connectivity index (χ1n) is 7.58. The number of hydrogen-bond donors (Lipinski definition) is 2. The second-order valence-electron chi connectivity index (χ2n) is 6.94. The second-order valence-corrected chi connectivity index (χ2v) is 6.94. The third kappa shape index (κ3) is 5.91. The summed E-state index contributed by atoms with van der Waals surface area (Å²) in [6, 6.07) is 0.301. The van der Waals surface area contributed by atoms with Crippen LogP contribution < -0.4 is 11.1 Å². The van der Waals surface area contributed by atoms with Crippen LogP contribution in [-0.4, -0.2) is 43.0 Å². The maximum absolute atomic E-state index is 12.3. The fraction of sp³-hybridized carbons (Fsp3) is 0.933. The van der Waals surface area contributed by atoms with Crippen LogP contribution in [0.2, 0.25) is 0 Å². The van der Waals surface area contributed by atoms with Crippen molar-refractivity contribution in [2.75, 3.05) is 26.2 Å². The van der Waals surface area contributed by atoms with Crippen molar-refractivity contribution in [3.05, 3.63) is 0 Å². The van der Waals surface area contributed by atoms with Gasteiger partial charge in [-0.25, -0.2) is 0 Å². The van der Waals surface area contributed by atoms with Gasteiger partial charge in [-0.05, 0) is 37.8 Å². The number of carbonyl (C=O) groups is 1. The lowest BCUT2D eigenvalue weighted by atomic mass is 9.84. The Labute approximate surface area is 118 Å². The lowest BCUT2D eigenvalue weighted by Crippen LogP contribution is -2.50. The quantitative estimate of drug-likeness (QED) is 0.797.